The number of amides is 1. The Balaban J connectivity index is 1.72. The zero-order chi connectivity index (χ0) is 14.7. The van der Waals surface area contributed by atoms with Gasteiger partial charge in [0.05, 0.1) is 0 Å². The summed E-state index contributed by atoms with van der Waals surface area (Å²) in [6, 6.07) is 0. The maximum Gasteiger partial charge on any atom is 0.406 e. The molecule has 0 bridgehead atoms. The van der Waals surface area contributed by atoms with Crippen LogP contribution in [0, 0.1) is 23.2 Å². The highest BCUT2D eigenvalue weighted by Gasteiger charge is 2.66. The predicted octanol–water partition coefficient (Wildman–Crippen LogP) is 1.90. The van der Waals surface area contributed by atoms with E-state index in [2.05, 4.69) is 0 Å². The van der Waals surface area contributed by atoms with Crippen LogP contribution in [0.15, 0.2) is 0 Å². The highest BCUT2D eigenvalue weighted by molar-refractivity contribution is 5.85. The van der Waals surface area contributed by atoms with Crippen molar-refractivity contribution in [3.05, 3.63) is 0 Å². The fraction of sp³-hybridized carbons (Fsp3) is 0.846. The highest BCUT2D eigenvalue weighted by Crippen LogP contribution is 2.58. The van der Waals surface area contributed by atoms with E-state index < -0.39 is 30.5 Å². The van der Waals surface area contributed by atoms with E-state index in [0.717, 1.165) is 24.2 Å². The highest BCUT2D eigenvalue weighted by atomic mass is 19.4. The van der Waals surface area contributed by atoms with Crippen molar-refractivity contribution < 1.29 is 27.9 Å². The summed E-state index contributed by atoms with van der Waals surface area (Å²) in [7, 11) is 0. The van der Waals surface area contributed by atoms with Crippen LogP contribution in [0.25, 0.3) is 0 Å². The topological polar surface area (TPSA) is 57.6 Å². The third-order valence-electron chi connectivity index (χ3n) is 5.22. The van der Waals surface area contributed by atoms with Crippen LogP contribution in [0.5, 0.6) is 0 Å². The molecule has 0 aromatic carbocycles. The van der Waals surface area contributed by atoms with E-state index in [4.69, 9.17) is 5.11 Å². The van der Waals surface area contributed by atoms with Gasteiger partial charge in [0, 0.05) is 19.0 Å². The van der Waals surface area contributed by atoms with Crippen LogP contribution >= 0.6 is 0 Å². The standard InChI is InChI=1S/C13H16F3NO3/c14-13(15,16)12(11(19)20)4-5-17(6-12)10(18)9-7-2-1-3-8(7)9/h7-9H,1-6H2,(H,19,20). The normalized spacial score (nSPS) is 39.8. The Labute approximate surface area is 113 Å². The minimum Gasteiger partial charge on any atom is -0.481 e. The first-order valence-electron chi connectivity index (χ1n) is 6.87. The van der Waals surface area contributed by atoms with E-state index in [1.165, 1.54) is 0 Å². The van der Waals surface area contributed by atoms with Crippen LogP contribution in [0.1, 0.15) is 25.7 Å². The number of nitrogens with zero attached hydrogens (tertiary/aromatic N) is 1. The van der Waals surface area contributed by atoms with Crippen molar-refractivity contribution in [2.45, 2.75) is 31.9 Å². The molecule has 3 fully saturated rings. The smallest absolute Gasteiger partial charge is 0.406 e. The average molecular weight is 291 g/mol. The minimum absolute atomic E-state index is 0.111. The number of likely N-dealkylation sites (tertiary alicyclic amines) is 1. The van der Waals surface area contributed by atoms with Gasteiger partial charge in [0.1, 0.15) is 0 Å². The first-order valence-corrected chi connectivity index (χ1v) is 6.87. The number of rotatable bonds is 2. The summed E-state index contributed by atoms with van der Waals surface area (Å²) in [5.41, 5.74) is -2.79. The first kappa shape index (κ1) is 13.7. The number of carboxylic acid groups (broad SMARTS) is 1. The van der Waals surface area contributed by atoms with Gasteiger partial charge < -0.3 is 10.0 Å². The molecule has 0 aromatic rings. The number of carboxylic acids is 1. The molecule has 0 radical (unpaired) electrons. The second-order valence-corrected chi connectivity index (χ2v) is 6.18. The van der Waals surface area contributed by atoms with Crippen LogP contribution in [-0.4, -0.2) is 41.1 Å². The summed E-state index contributed by atoms with van der Waals surface area (Å²) in [6.45, 7) is -0.846. The molecule has 0 aromatic heterocycles. The van der Waals surface area contributed by atoms with Crippen LogP contribution < -0.4 is 0 Å². The molecule has 1 aliphatic heterocycles. The Morgan fingerprint density at radius 1 is 1.20 bits per heavy atom. The molecule has 0 spiro atoms. The van der Waals surface area contributed by atoms with E-state index in [9.17, 15) is 22.8 Å². The average Bonchev–Trinajstić information content (AvgIpc) is 2.79. The largest absolute Gasteiger partial charge is 0.481 e. The summed E-state index contributed by atoms with van der Waals surface area (Å²) in [5, 5.41) is 8.96. The maximum absolute atomic E-state index is 13.0. The van der Waals surface area contributed by atoms with Gasteiger partial charge in [0.2, 0.25) is 5.91 Å². The van der Waals surface area contributed by atoms with Crippen molar-refractivity contribution in [1.29, 1.82) is 0 Å². The van der Waals surface area contributed by atoms with E-state index in [0.29, 0.717) is 11.8 Å². The van der Waals surface area contributed by atoms with Gasteiger partial charge in [-0.25, -0.2) is 0 Å². The molecule has 7 heteroatoms. The van der Waals surface area contributed by atoms with E-state index in [1.807, 2.05) is 0 Å². The zero-order valence-electron chi connectivity index (χ0n) is 10.8. The summed E-state index contributed by atoms with van der Waals surface area (Å²) in [6.07, 6.45) is -2.34. The molecule has 1 N–H and O–H groups in total. The molecule has 4 nitrogen and oxygen atoms in total. The SMILES string of the molecule is O=C(C1C2CCCC21)N1CCC(C(=O)O)(C(F)(F)F)C1. The Kier molecular flexibility index (Phi) is 2.82. The number of halogens is 3. The number of fused-ring (bicyclic) bond motifs is 1. The second kappa shape index (κ2) is 4.11. The van der Waals surface area contributed by atoms with Crippen LogP contribution in [-0.2, 0) is 9.59 Å². The lowest BCUT2D eigenvalue weighted by molar-refractivity contribution is -0.227. The molecule has 3 aliphatic rings. The van der Waals surface area contributed by atoms with Gasteiger partial charge in [-0.15, -0.1) is 0 Å². The van der Waals surface area contributed by atoms with E-state index in [1.54, 1.807) is 0 Å². The number of hydrogen-bond donors (Lipinski definition) is 1. The molecule has 1 amide bonds. The van der Waals surface area contributed by atoms with Crippen LogP contribution in [0.3, 0.4) is 0 Å². The van der Waals surface area contributed by atoms with Gasteiger partial charge in [-0.05, 0) is 31.1 Å². The molecule has 1 saturated heterocycles. The Bertz CT molecular complexity index is 454. The number of aliphatic carboxylic acids is 1. The molecular formula is C13H16F3NO3. The van der Waals surface area contributed by atoms with Gasteiger partial charge in [0.25, 0.3) is 0 Å². The van der Waals surface area contributed by atoms with Crippen molar-refractivity contribution in [1.82, 2.24) is 4.90 Å². The minimum atomic E-state index is -4.83. The lowest BCUT2D eigenvalue weighted by atomic mass is 9.86. The molecule has 3 unspecified atom stereocenters. The molecule has 112 valence electrons. The monoisotopic (exact) mass is 291 g/mol. The first-order chi connectivity index (χ1) is 9.28. The molecule has 3 atom stereocenters. The summed E-state index contributed by atoms with van der Waals surface area (Å²) >= 11 is 0. The summed E-state index contributed by atoms with van der Waals surface area (Å²) in [4.78, 5) is 24.4. The lowest BCUT2D eigenvalue weighted by Gasteiger charge is -2.27. The van der Waals surface area contributed by atoms with Gasteiger partial charge in [-0.1, -0.05) is 6.42 Å². The molecular weight excluding hydrogens is 275 g/mol. The molecule has 2 saturated carbocycles. The van der Waals surface area contributed by atoms with Gasteiger partial charge in [-0.2, -0.15) is 13.2 Å². The third kappa shape index (κ3) is 1.74. The van der Waals surface area contributed by atoms with Crippen molar-refractivity contribution >= 4 is 11.9 Å². The van der Waals surface area contributed by atoms with Crippen molar-refractivity contribution in [3.8, 4) is 0 Å². The Morgan fingerprint density at radius 2 is 1.80 bits per heavy atom. The fourth-order valence-corrected chi connectivity index (χ4v) is 3.92. The van der Waals surface area contributed by atoms with Crippen molar-refractivity contribution in [3.63, 3.8) is 0 Å². The predicted molar refractivity (Wildman–Crippen MR) is 61.6 cm³/mol. The molecule has 1 heterocycles. The molecule has 3 rings (SSSR count). The van der Waals surface area contributed by atoms with E-state index >= 15 is 0 Å². The maximum atomic E-state index is 13.0. The Hall–Kier alpha value is -1.27. The van der Waals surface area contributed by atoms with Gasteiger partial charge in [-0.3, -0.25) is 9.59 Å². The molecule has 2 aliphatic carbocycles. The number of hydrogen-bond acceptors (Lipinski definition) is 2. The zero-order valence-corrected chi connectivity index (χ0v) is 10.8. The van der Waals surface area contributed by atoms with Crippen molar-refractivity contribution in [2.24, 2.45) is 23.2 Å². The van der Waals surface area contributed by atoms with Gasteiger partial charge in [0.15, 0.2) is 5.41 Å². The van der Waals surface area contributed by atoms with E-state index in [-0.39, 0.29) is 18.4 Å². The fourth-order valence-electron chi connectivity index (χ4n) is 3.92. The second-order valence-electron chi connectivity index (χ2n) is 6.18. The van der Waals surface area contributed by atoms with Crippen LogP contribution in [0.4, 0.5) is 13.2 Å². The van der Waals surface area contributed by atoms with Crippen LogP contribution in [0.2, 0.25) is 0 Å². The lowest BCUT2D eigenvalue weighted by Crippen LogP contribution is -2.48. The van der Waals surface area contributed by atoms with Gasteiger partial charge >= 0.3 is 12.1 Å². The van der Waals surface area contributed by atoms with Crippen molar-refractivity contribution in [2.75, 3.05) is 13.1 Å². The Morgan fingerprint density at radius 3 is 2.25 bits per heavy atom. The molecule has 20 heavy (non-hydrogen) atoms. The number of carbonyl (C=O) groups excluding carboxylic acids is 1. The quantitative estimate of drug-likeness (QED) is 0.845. The number of carbonyl (C=O) groups is 2. The summed E-state index contributed by atoms with van der Waals surface area (Å²) < 4.78 is 39.1. The number of alkyl halides is 3. The third-order valence-corrected chi connectivity index (χ3v) is 5.22. The summed E-state index contributed by atoms with van der Waals surface area (Å²) in [5.74, 6) is -1.65.